The molecular formula is C16H21N5O5S. The summed E-state index contributed by atoms with van der Waals surface area (Å²) in [6.45, 7) is 3.26. The van der Waals surface area contributed by atoms with Crippen LogP contribution in [-0.2, 0) is 16.6 Å². The first kappa shape index (κ1) is 20.4. The van der Waals surface area contributed by atoms with Gasteiger partial charge >= 0.3 is 0 Å². The minimum atomic E-state index is -3.84. The Labute approximate surface area is 156 Å². The second-order valence-corrected chi connectivity index (χ2v) is 7.12. The van der Waals surface area contributed by atoms with Crippen LogP contribution in [-0.4, -0.2) is 38.9 Å². The molecule has 1 aromatic heterocycles. The summed E-state index contributed by atoms with van der Waals surface area (Å²) in [7, 11) is -3.84. The Morgan fingerprint density at radius 3 is 2.70 bits per heavy atom. The van der Waals surface area contributed by atoms with E-state index in [0.717, 1.165) is 6.07 Å². The molecule has 3 N–H and O–H groups in total. The predicted octanol–water partition coefficient (Wildman–Crippen LogP) is 1.22. The number of hydrogen-bond acceptors (Lipinski definition) is 6. The average molecular weight is 395 g/mol. The summed E-state index contributed by atoms with van der Waals surface area (Å²) in [6.07, 6.45) is 1.56. The van der Waals surface area contributed by atoms with E-state index >= 15 is 0 Å². The van der Waals surface area contributed by atoms with E-state index in [4.69, 9.17) is 4.42 Å². The molecule has 0 fully saturated rings. The van der Waals surface area contributed by atoms with E-state index in [-0.39, 0.29) is 23.7 Å². The van der Waals surface area contributed by atoms with Crippen LogP contribution in [0.5, 0.6) is 0 Å². The van der Waals surface area contributed by atoms with E-state index in [0.29, 0.717) is 24.8 Å². The molecule has 0 amide bonds. The molecule has 0 atom stereocenters. The van der Waals surface area contributed by atoms with Crippen LogP contribution in [0.4, 0.5) is 5.69 Å². The molecule has 0 saturated carbocycles. The molecule has 27 heavy (non-hydrogen) atoms. The Bertz CT molecular complexity index is 880. The summed E-state index contributed by atoms with van der Waals surface area (Å²) in [5.74, 6) is 1.22. The molecule has 0 saturated heterocycles. The van der Waals surface area contributed by atoms with Crippen molar-refractivity contribution in [1.82, 2.24) is 15.4 Å². The number of hydrogen-bond donors (Lipinski definition) is 3. The van der Waals surface area contributed by atoms with Gasteiger partial charge in [0.15, 0.2) is 5.96 Å². The number of guanidine groups is 1. The van der Waals surface area contributed by atoms with Crippen molar-refractivity contribution in [3.05, 3.63) is 58.5 Å². The number of nitrogens with one attached hydrogen (secondary N) is 3. The standard InChI is InChI=1S/C16H21N5O5S/c1-2-17-16(19-12-14-6-4-10-26-14)18-8-9-20-27(24,25)15-7-3-5-13(11-15)21(22)23/h3-7,10-11,20H,2,8-9,12H2,1H3,(H2,17,18,19). The van der Waals surface area contributed by atoms with Crippen molar-refractivity contribution in [2.75, 3.05) is 19.6 Å². The van der Waals surface area contributed by atoms with Gasteiger partial charge in [-0.25, -0.2) is 18.1 Å². The van der Waals surface area contributed by atoms with Gasteiger partial charge < -0.3 is 15.1 Å². The van der Waals surface area contributed by atoms with Crippen molar-refractivity contribution < 1.29 is 17.8 Å². The molecule has 1 aromatic carbocycles. The maximum atomic E-state index is 12.2. The molecule has 0 spiro atoms. The molecule has 1 heterocycles. The number of furan rings is 1. The zero-order valence-electron chi connectivity index (χ0n) is 14.7. The minimum Gasteiger partial charge on any atom is -0.467 e. The second-order valence-electron chi connectivity index (χ2n) is 5.35. The molecule has 11 heteroatoms. The number of nitro groups is 1. The molecule has 0 bridgehead atoms. The molecule has 0 aliphatic rings. The first-order valence-electron chi connectivity index (χ1n) is 8.21. The highest BCUT2D eigenvalue weighted by Gasteiger charge is 2.17. The molecule has 0 aliphatic heterocycles. The van der Waals surface area contributed by atoms with Crippen molar-refractivity contribution in [2.45, 2.75) is 18.4 Å². The highest BCUT2D eigenvalue weighted by molar-refractivity contribution is 7.89. The highest BCUT2D eigenvalue weighted by Crippen LogP contribution is 2.16. The van der Waals surface area contributed by atoms with Crippen molar-refractivity contribution in [3.8, 4) is 0 Å². The van der Waals surface area contributed by atoms with Gasteiger partial charge in [0, 0.05) is 31.8 Å². The van der Waals surface area contributed by atoms with Crippen LogP contribution in [0.25, 0.3) is 0 Å². The van der Waals surface area contributed by atoms with E-state index in [1.807, 2.05) is 6.92 Å². The highest BCUT2D eigenvalue weighted by atomic mass is 32.2. The van der Waals surface area contributed by atoms with Crippen molar-refractivity contribution >= 4 is 21.7 Å². The fourth-order valence-corrected chi connectivity index (χ4v) is 3.19. The van der Waals surface area contributed by atoms with E-state index in [1.165, 1.54) is 18.2 Å². The van der Waals surface area contributed by atoms with Crippen molar-refractivity contribution in [1.29, 1.82) is 0 Å². The molecule has 0 unspecified atom stereocenters. The van der Waals surface area contributed by atoms with Crippen LogP contribution in [0.1, 0.15) is 12.7 Å². The lowest BCUT2D eigenvalue weighted by Gasteiger charge is -2.12. The Kier molecular flexibility index (Phi) is 7.32. The van der Waals surface area contributed by atoms with Crippen LogP contribution >= 0.6 is 0 Å². The third-order valence-corrected chi connectivity index (χ3v) is 4.82. The summed E-state index contributed by atoms with van der Waals surface area (Å²) in [6, 6.07) is 8.46. The Morgan fingerprint density at radius 1 is 1.22 bits per heavy atom. The van der Waals surface area contributed by atoms with Gasteiger partial charge in [0.05, 0.1) is 16.1 Å². The van der Waals surface area contributed by atoms with Crippen LogP contribution in [0, 0.1) is 10.1 Å². The summed E-state index contributed by atoms with van der Waals surface area (Å²) in [4.78, 5) is 14.3. The molecular weight excluding hydrogens is 374 g/mol. The fraction of sp³-hybridized carbons (Fsp3) is 0.312. The Balaban J connectivity index is 1.88. The summed E-state index contributed by atoms with van der Waals surface area (Å²) in [5.41, 5.74) is -0.282. The fourth-order valence-electron chi connectivity index (χ4n) is 2.12. The Morgan fingerprint density at radius 2 is 2.04 bits per heavy atom. The largest absolute Gasteiger partial charge is 0.467 e. The lowest BCUT2D eigenvalue weighted by atomic mass is 10.3. The zero-order valence-corrected chi connectivity index (χ0v) is 15.5. The van der Waals surface area contributed by atoms with Crippen molar-refractivity contribution in [2.24, 2.45) is 4.99 Å². The Hall–Kier alpha value is -2.92. The number of non-ortho nitro benzene ring substituents is 1. The smallest absolute Gasteiger partial charge is 0.270 e. The number of sulfonamides is 1. The van der Waals surface area contributed by atoms with Gasteiger partial charge in [0.2, 0.25) is 10.0 Å². The second kappa shape index (κ2) is 9.69. The topological polar surface area (TPSA) is 139 Å². The van der Waals surface area contributed by atoms with Gasteiger partial charge in [-0.05, 0) is 25.1 Å². The monoisotopic (exact) mass is 395 g/mol. The summed E-state index contributed by atoms with van der Waals surface area (Å²) >= 11 is 0. The minimum absolute atomic E-state index is 0.0796. The lowest BCUT2D eigenvalue weighted by molar-refractivity contribution is -0.385. The van der Waals surface area contributed by atoms with Crippen LogP contribution < -0.4 is 15.4 Å². The molecule has 0 aliphatic carbocycles. The van der Waals surface area contributed by atoms with Gasteiger partial charge in [-0.15, -0.1) is 0 Å². The molecule has 10 nitrogen and oxygen atoms in total. The number of nitro benzene ring substituents is 1. The normalized spacial score (nSPS) is 12.0. The quantitative estimate of drug-likeness (QED) is 0.191. The third-order valence-electron chi connectivity index (χ3n) is 3.37. The van der Waals surface area contributed by atoms with E-state index in [2.05, 4.69) is 20.3 Å². The van der Waals surface area contributed by atoms with Crippen LogP contribution in [0.2, 0.25) is 0 Å². The molecule has 2 rings (SSSR count). The number of nitrogens with zero attached hydrogens (tertiary/aromatic N) is 2. The van der Waals surface area contributed by atoms with E-state index in [9.17, 15) is 18.5 Å². The lowest BCUT2D eigenvalue weighted by Crippen LogP contribution is -2.41. The van der Waals surface area contributed by atoms with Gasteiger partial charge in [-0.2, -0.15) is 0 Å². The van der Waals surface area contributed by atoms with Crippen LogP contribution in [0.15, 0.2) is 57.0 Å². The van der Waals surface area contributed by atoms with E-state index < -0.39 is 14.9 Å². The van der Waals surface area contributed by atoms with Gasteiger partial charge in [-0.1, -0.05) is 6.07 Å². The maximum Gasteiger partial charge on any atom is 0.270 e. The summed E-state index contributed by atoms with van der Waals surface area (Å²) in [5, 5.41) is 16.8. The molecule has 2 aromatic rings. The first-order chi connectivity index (χ1) is 12.9. The average Bonchev–Trinajstić information content (AvgIpc) is 3.17. The zero-order chi connectivity index (χ0) is 19.7. The maximum absolute atomic E-state index is 12.2. The van der Waals surface area contributed by atoms with Crippen molar-refractivity contribution in [3.63, 3.8) is 0 Å². The first-order valence-corrected chi connectivity index (χ1v) is 9.69. The van der Waals surface area contributed by atoms with Gasteiger partial charge in [0.1, 0.15) is 12.3 Å². The van der Waals surface area contributed by atoms with E-state index in [1.54, 1.807) is 18.4 Å². The van der Waals surface area contributed by atoms with Gasteiger partial charge in [-0.3, -0.25) is 10.1 Å². The number of rotatable bonds is 9. The number of benzene rings is 1. The van der Waals surface area contributed by atoms with Crippen LogP contribution in [0.3, 0.4) is 0 Å². The third kappa shape index (κ3) is 6.38. The predicted molar refractivity (Wildman–Crippen MR) is 99.8 cm³/mol. The molecule has 146 valence electrons. The number of aliphatic imine (C=N–C) groups is 1. The summed E-state index contributed by atoms with van der Waals surface area (Å²) < 4.78 is 32.1. The molecule has 0 radical (unpaired) electrons. The SMILES string of the molecule is CCNC(=NCc1ccco1)NCCNS(=O)(=O)c1cccc([N+](=O)[O-])c1. The van der Waals surface area contributed by atoms with Gasteiger partial charge in [0.25, 0.3) is 5.69 Å².